The second-order valence-electron chi connectivity index (χ2n) is 5.18. The molecule has 2 rings (SSSR count). The Morgan fingerprint density at radius 1 is 1.41 bits per heavy atom. The molecule has 0 bridgehead atoms. The minimum Gasteiger partial charge on any atom is -0.435 e. The van der Waals surface area contributed by atoms with Crippen molar-refractivity contribution in [1.82, 2.24) is 10.6 Å². The predicted octanol–water partition coefficient (Wildman–Crippen LogP) is 3.03. The number of benzene rings is 1. The second-order valence-corrected chi connectivity index (χ2v) is 5.18. The number of rotatable bonds is 5. The van der Waals surface area contributed by atoms with E-state index < -0.39 is 6.61 Å². The number of nitrogens with one attached hydrogen (secondary N) is 2. The van der Waals surface area contributed by atoms with Crippen LogP contribution < -0.4 is 15.4 Å². The molecule has 4 nitrogen and oxygen atoms in total. The molecule has 1 aliphatic heterocycles. The van der Waals surface area contributed by atoms with Gasteiger partial charge in [-0.1, -0.05) is 18.6 Å². The van der Waals surface area contributed by atoms with Crippen LogP contribution in [0.2, 0.25) is 0 Å². The van der Waals surface area contributed by atoms with Crippen molar-refractivity contribution in [3.8, 4) is 5.75 Å². The van der Waals surface area contributed by atoms with Crippen molar-refractivity contribution in [2.75, 3.05) is 6.54 Å². The van der Waals surface area contributed by atoms with Crippen molar-refractivity contribution in [3.05, 3.63) is 29.8 Å². The molecule has 0 aliphatic carbocycles. The number of alkyl halides is 2. The van der Waals surface area contributed by atoms with Gasteiger partial charge in [0.15, 0.2) is 0 Å². The lowest BCUT2D eigenvalue weighted by atomic mass is 10.0. The van der Waals surface area contributed by atoms with Crippen LogP contribution in [-0.4, -0.2) is 25.1 Å². The van der Waals surface area contributed by atoms with E-state index in [4.69, 9.17) is 0 Å². The number of amides is 1. The summed E-state index contributed by atoms with van der Waals surface area (Å²) in [6.07, 6.45) is 2.95. The third kappa shape index (κ3) is 5.42. The monoisotopic (exact) mass is 334 g/mol. The van der Waals surface area contributed by atoms with E-state index in [0.29, 0.717) is 0 Å². The van der Waals surface area contributed by atoms with Gasteiger partial charge in [0.05, 0.1) is 12.1 Å². The standard InChI is InChI=1S/C15H20F2N2O2.ClH/c1-10(19-14(20)13-7-2-3-8-18-13)11-5-4-6-12(9-11)21-15(16)17;/h4-6,9-10,13,15,18H,2-3,7-8H2,1H3,(H,19,20);1H/t10?,13-;/m0./s1. The van der Waals surface area contributed by atoms with Crippen LogP contribution in [0.25, 0.3) is 0 Å². The first kappa shape index (κ1) is 18.6. The number of hydrogen-bond donors (Lipinski definition) is 2. The van der Waals surface area contributed by atoms with Crippen LogP contribution in [0.3, 0.4) is 0 Å². The minimum atomic E-state index is -2.85. The molecule has 1 heterocycles. The van der Waals surface area contributed by atoms with Crippen LogP contribution in [0, 0.1) is 0 Å². The van der Waals surface area contributed by atoms with Gasteiger partial charge in [-0.15, -0.1) is 12.4 Å². The molecule has 1 aromatic carbocycles. The molecule has 7 heteroatoms. The summed E-state index contributed by atoms with van der Waals surface area (Å²) in [6.45, 7) is -0.177. The lowest BCUT2D eigenvalue weighted by Gasteiger charge is -2.24. The van der Waals surface area contributed by atoms with Crippen LogP contribution >= 0.6 is 12.4 Å². The van der Waals surface area contributed by atoms with Crippen LogP contribution in [0.1, 0.15) is 37.8 Å². The Morgan fingerprint density at radius 3 is 2.82 bits per heavy atom. The zero-order valence-electron chi connectivity index (χ0n) is 12.4. The number of carbonyl (C=O) groups excluding carboxylic acids is 1. The van der Waals surface area contributed by atoms with E-state index in [1.54, 1.807) is 12.1 Å². The molecule has 0 radical (unpaired) electrons. The van der Waals surface area contributed by atoms with Gasteiger partial charge in [-0.25, -0.2) is 0 Å². The first-order valence-corrected chi connectivity index (χ1v) is 7.15. The Kier molecular flexibility index (Phi) is 7.55. The Hall–Kier alpha value is -1.40. The third-order valence-electron chi connectivity index (χ3n) is 3.57. The Labute approximate surface area is 135 Å². The van der Waals surface area contributed by atoms with Crippen molar-refractivity contribution in [2.24, 2.45) is 0 Å². The highest BCUT2D eigenvalue weighted by Crippen LogP contribution is 2.21. The predicted molar refractivity (Wildman–Crippen MR) is 82.5 cm³/mol. The smallest absolute Gasteiger partial charge is 0.387 e. The van der Waals surface area contributed by atoms with E-state index in [1.165, 1.54) is 12.1 Å². The zero-order valence-corrected chi connectivity index (χ0v) is 13.2. The number of piperidine rings is 1. The number of hydrogen-bond acceptors (Lipinski definition) is 3. The molecule has 124 valence electrons. The summed E-state index contributed by atoms with van der Waals surface area (Å²) in [4.78, 5) is 12.1. The molecule has 22 heavy (non-hydrogen) atoms. The second kappa shape index (κ2) is 8.90. The van der Waals surface area contributed by atoms with Gasteiger partial charge in [0.25, 0.3) is 0 Å². The minimum absolute atomic E-state index is 0. The van der Waals surface area contributed by atoms with Crippen LogP contribution in [-0.2, 0) is 4.79 Å². The molecule has 1 aromatic rings. The highest BCUT2D eigenvalue weighted by Gasteiger charge is 2.22. The molecule has 0 saturated carbocycles. The molecule has 1 unspecified atom stereocenters. The SMILES string of the molecule is CC(NC(=O)[C@@H]1CCCCN1)c1cccc(OC(F)F)c1.Cl. The number of halogens is 3. The molecule has 1 saturated heterocycles. The van der Waals surface area contributed by atoms with E-state index in [2.05, 4.69) is 15.4 Å². The molecule has 1 aliphatic rings. The maximum Gasteiger partial charge on any atom is 0.387 e. The summed E-state index contributed by atoms with van der Waals surface area (Å²) in [5.41, 5.74) is 0.734. The van der Waals surface area contributed by atoms with Crippen LogP contribution in [0.4, 0.5) is 8.78 Å². The van der Waals surface area contributed by atoms with Crippen molar-refractivity contribution in [2.45, 2.75) is 44.9 Å². The van der Waals surface area contributed by atoms with E-state index >= 15 is 0 Å². The normalized spacial score (nSPS) is 19.2. The van der Waals surface area contributed by atoms with Gasteiger partial charge < -0.3 is 15.4 Å². The van der Waals surface area contributed by atoms with Gasteiger partial charge in [0.1, 0.15) is 5.75 Å². The third-order valence-corrected chi connectivity index (χ3v) is 3.57. The highest BCUT2D eigenvalue weighted by atomic mass is 35.5. The van der Waals surface area contributed by atoms with Crippen LogP contribution in [0.15, 0.2) is 24.3 Å². The summed E-state index contributed by atoms with van der Waals surface area (Å²) < 4.78 is 28.8. The van der Waals surface area contributed by atoms with Gasteiger partial charge in [0.2, 0.25) is 5.91 Å². The summed E-state index contributed by atoms with van der Waals surface area (Å²) >= 11 is 0. The fraction of sp³-hybridized carbons (Fsp3) is 0.533. The fourth-order valence-electron chi connectivity index (χ4n) is 2.43. The van der Waals surface area contributed by atoms with Crippen molar-refractivity contribution < 1.29 is 18.3 Å². The van der Waals surface area contributed by atoms with Gasteiger partial charge in [0, 0.05) is 0 Å². The number of ether oxygens (including phenoxy) is 1. The van der Waals surface area contributed by atoms with E-state index in [1.807, 2.05) is 6.92 Å². The number of carbonyl (C=O) groups is 1. The molecular formula is C15H21ClF2N2O2. The molecule has 2 atom stereocenters. The lowest BCUT2D eigenvalue weighted by Crippen LogP contribution is -2.47. The molecule has 1 amide bonds. The Bertz CT molecular complexity index is 482. The van der Waals surface area contributed by atoms with E-state index in [9.17, 15) is 13.6 Å². The van der Waals surface area contributed by atoms with Gasteiger partial charge >= 0.3 is 6.61 Å². The van der Waals surface area contributed by atoms with Crippen LogP contribution in [0.5, 0.6) is 5.75 Å². The molecule has 0 spiro atoms. The topological polar surface area (TPSA) is 50.4 Å². The summed E-state index contributed by atoms with van der Waals surface area (Å²) in [5, 5.41) is 6.08. The Morgan fingerprint density at radius 2 is 2.18 bits per heavy atom. The maximum atomic E-state index is 12.2. The van der Waals surface area contributed by atoms with E-state index in [-0.39, 0.29) is 36.1 Å². The molecule has 2 N–H and O–H groups in total. The summed E-state index contributed by atoms with van der Waals surface area (Å²) in [6, 6.07) is 5.97. The lowest BCUT2D eigenvalue weighted by molar-refractivity contribution is -0.124. The largest absolute Gasteiger partial charge is 0.435 e. The van der Waals surface area contributed by atoms with Gasteiger partial charge in [-0.05, 0) is 44.0 Å². The quantitative estimate of drug-likeness (QED) is 0.870. The average molecular weight is 335 g/mol. The average Bonchev–Trinajstić information content (AvgIpc) is 2.47. The van der Waals surface area contributed by atoms with Crippen molar-refractivity contribution in [1.29, 1.82) is 0 Å². The fourth-order valence-corrected chi connectivity index (χ4v) is 2.43. The van der Waals surface area contributed by atoms with E-state index in [0.717, 1.165) is 31.4 Å². The molecule has 1 fully saturated rings. The van der Waals surface area contributed by atoms with Crippen molar-refractivity contribution in [3.63, 3.8) is 0 Å². The summed E-state index contributed by atoms with van der Waals surface area (Å²) in [7, 11) is 0. The maximum absolute atomic E-state index is 12.2. The summed E-state index contributed by atoms with van der Waals surface area (Å²) in [5.74, 6) is 0.0433. The van der Waals surface area contributed by atoms with Crippen molar-refractivity contribution >= 4 is 18.3 Å². The first-order valence-electron chi connectivity index (χ1n) is 7.15. The molecular weight excluding hydrogens is 314 g/mol. The first-order chi connectivity index (χ1) is 10.1. The highest BCUT2D eigenvalue weighted by molar-refractivity contribution is 5.85. The zero-order chi connectivity index (χ0) is 15.2. The molecule has 0 aromatic heterocycles. The van der Waals surface area contributed by atoms with Gasteiger partial charge in [-0.2, -0.15) is 8.78 Å². The van der Waals surface area contributed by atoms with Gasteiger partial charge in [-0.3, -0.25) is 4.79 Å². The Balaban J connectivity index is 0.00000242.